The Labute approximate surface area is 106 Å². The first kappa shape index (κ1) is 12.5. The van der Waals surface area contributed by atoms with Crippen molar-refractivity contribution >= 4 is 0 Å². The Bertz CT molecular complexity index is 570. The second kappa shape index (κ2) is 5.62. The molecule has 2 aromatic heterocycles. The highest BCUT2D eigenvalue weighted by Crippen LogP contribution is 2.18. The lowest BCUT2D eigenvalue weighted by molar-refractivity contribution is 0.603. The summed E-state index contributed by atoms with van der Waals surface area (Å²) in [6.45, 7) is 5.04. The minimum Gasteiger partial charge on any atom is -0.313 e. The van der Waals surface area contributed by atoms with Crippen LogP contribution in [0.5, 0.6) is 0 Å². The molecule has 2 rings (SSSR count). The molecule has 96 valence electrons. The quantitative estimate of drug-likeness (QED) is 0.877. The lowest BCUT2D eigenvalue weighted by Gasteiger charge is -2.03. The minimum absolute atomic E-state index is 0.0508. The van der Waals surface area contributed by atoms with Gasteiger partial charge in [0.05, 0.1) is 18.2 Å². The van der Waals surface area contributed by atoms with Gasteiger partial charge in [-0.05, 0) is 12.8 Å². The van der Waals surface area contributed by atoms with Gasteiger partial charge in [0.2, 0.25) is 0 Å². The average molecular weight is 246 g/mol. The van der Waals surface area contributed by atoms with Crippen molar-refractivity contribution in [3.63, 3.8) is 0 Å². The number of aromatic nitrogens is 4. The first-order valence-electron chi connectivity index (χ1n) is 6.35. The molecule has 5 nitrogen and oxygen atoms in total. The molecule has 0 aliphatic heterocycles. The lowest BCUT2D eigenvalue weighted by Crippen LogP contribution is -2.14. The van der Waals surface area contributed by atoms with Gasteiger partial charge < -0.3 is 4.98 Å². The summed E-state index contributed by atoms with van der Waals surface area (Å²) in [5, 5.41) is 4.28. The molecule has 18 heavy (non-hydrogen) atoms. The van der Waals surface area contributed by atoms with Gasteiger partial charge in [-0.15, -0.1) is 0 Å². The maximum atomic E-state index is 11.8. The zero-order valence-electron chi connectivity index (χ0n) is 10.8. The van der Waals surface area contributed by atoms with Crippen LogP contribution >= 0.6 is 0 Å². The molecule has 0 saturated heterocycles. The molecule has 0 radical (unpaired) electrons. The van der Waals surface area contributed by atoms with Crippen LogP contribution in [0.1, 0.15) is 32.3 Å². The first-order chi connectivity index (χ1) is 8.76. The third-order valence-corrected chi connectivity index (χ3v) is 2.81. The van der Waals surface area contributed by atoms with Crippen molar-refractivity contribution in [1.82, 2.24) is 19.7 Å². The smallest absolute Gasteiger partial charge is 0.254 e. The van der Waals surface area contributed by atoms with E-state index in [4.69, 9.17) is 0 Å². The van der Waals surface area contributed by atoms with E-state index < -0.39 is 0 Å². The molecule has 1 N–H and O–H groups in total. The van der Waals surface area contributed by atoms with Gasteiger partial charge in [0.25, 0.3) is 5.56 Å². The second-order valence-electron chi connectivity index (χ2n) is 4.30. The van der Waals surface area contributed by atoms with Crippen molar-refractivity contribution in [2.24, 2.45) is 0 Å². The van der Waals surface area contributed by atoms with E-state index in [1.54, 1.807) is 6.20 Å². The van der Waals surface area contributed by atoms with E-state index in [9.17, 15) is 4.79 Å². The Morgan fingerprint density at radius 2 is 2.17 bits per heavy atom. The summed E-state index contributed by atoms with van der Waals surface area (Å²) in [6, 6.07) is 0. The number of rotatable bonds is 5. The highest BCUT2D eigenvalue weighted by molar-refractivity contribution is 5.60. The summed E-state index contributed by atoms with van der Waals surface area (Å²) in [6.07, 6.45) is 7.86. The zero-order chi connectivity index (χ0) is 13.0. The summed E-state index contributed by atoms with van der Waals surface area (Å²) in [5.74, 6) is 0. The standard InChI is InChI=1S/C13H18N4O/c1-3-5-11-12(14-9-15-13(11)18)10-7-16-17(8-10)6-4-2/h7-9H,3-6H2,1-2H3,(H,14,15,18). The van der Waals surface area contributed by atoms with Crippen molar-refractivity contribution in [3.05, 3.63) is 34.6 Å². The molecule has 0 spiro atoms. The van der Waals surface area contributed by atoms with Crippen molar-refractivity contribution < 1.29 is 0 Å². The Hall–Kier alpha value is -1.91. The maximum Gasteiger partial charge on any atom is 0.254 e. The zero-order valence-corrected chi connectivity index (χ0v) is 10.8. The first-order valence-corrected chi connectivity index (χ1v) is 6.35. The van der Waals surface area contributed by atoms with E-state index in [0.717, 1.165) is 42.6 Å². The maximum absolute atomic E-state index is 11.8. The molecule has 0 amide bonds. The molecule has 0 aliphatic carbocycles. The summed E-state index contributed by atoms with van der Waals surface area (Å²) in [4.78, 5) is 18.7. The predicted molar refractivity (Wildman–Crippen MR) is 70.4 cm³/mol. The molecule has 0 aliphatic rings. The summed E-state index contributed by atoms with van der Waals surface area (Å²) >= 11 is 0. The number of hydrogen-bond acceptors (Lipinski definition) is 3. The SMILES string of the molecule is CCCc1c(-c2cnn(CCC)c2)nc[nH]c1=O. The summed E-state index contributed by atoms with van der Waals surface area (Å²) in [7, 11) is 0. The van der Waals surface area contributed by atoms with E-state index in [-0.39, 0.29) is 5.56 Å². The molecule has 0 unspecified atom stereocenters. The normalized spacial score (nSPS) is 10.8. The van der Waals surface area contributed by atoms with Crippen LogP contribution in [0.2, 0.25) is 0 Å². The van der Waals surface area contributed by atoms with Crippen LogP contribution in [-0.4, -0.2) is 19.7 Å². The van der Waals surface area contributed by atoms with E-state index >= 15 is 0 Å². The van der Waals surface area contributed by atoms with Gasteiger partial charge in [0, 0.05) is 23.9 Å². The molecule has 0 saturated carbocycles. The Morgan fingerprint density at radius 3 is 2.89 bits per heavy atom. The Kier molecular flexibility index (Phi) is 3.92. The molecule has 0 fully saturated rings. The van der Waals surface area contributed by atoms with Crippen LogP contribution in [0.15, 0.2) is 23.5 Å². The number of nitrogens with one attached hydrogen (secondary N) is 1. The molecule has 0 bridgehead atoms. The molecule has 0 atom stereocenters. The van der Waals surface area contributed by atoms with Crippen LogP contribution in [0, 0.1) is 0 Å². The van der Waals surface area contributed by atoms with Crippen molar-refractivity contribution in [2.45, 2.75) is 39.7 Å². The van der Waals surface area contributed by atoms with Crippen LogP contribution in [0.4, 0.5) is 0 Å². The second-order valence-corrected chi connectivity index (χ2v) is 4.30. The highest BCUT2D eigenvalue weighted by atomic mass is 16.1. The summed E-state index contributed by atoms with van der Waals surface area (Å²) in [5.41, 5.74) is 2.36. The van der Waals surface area contributed by atoms with Crippen LogP contribution in [-0.2, 0) is 13.0 Å². The predicted octanol–water partition coefficient (Wildman–Crippen LogP) is 2.00. The Balaban J connectivity index is 2.42. The molecular formula is C13H18N4O. The van der Waals surface area contributed by atoms with Crippen molar-refractivity contribution in [3.8, 4) is 11.3 Å². The molecular weight excluding hydrogens is 228 g/mol. The van der Waals surface area contributed by atoms with Crippen LogP contribution in [0.3, 0.4) is 0 Å². The van der Waals surface area contributed by atoms with Gasteiger partial charge in [-0.2, -0.15) is 5.10 Å². The number of aryl methyl sites for hydroxylation is 1. The van der Waals surface area contributed by atoms with Gasteiger partial charge in [-0.1, -0.05) is 20.3 Å². The van der Waals surface area contributed by atoms with Crippen molar-refractivity contribution in [1.29, 1.82) is 0 Å². The van der Waals surface area contributed by atoms with Crippen LogP contribution < -0.4 is 5.56 Å². The van der Waals surface area contributed by atoms with E-state index in [0.29, 0.717) is 0 Å². The van der Waals surface area contributed by atoms with E-state index in [2.05, 4.69) is 28.9 Å². The third-order valence-electron chi connectivity index (χ3n) is 2.81. The fraction of sp³-hybridized carbons (Fsp3) is 0.462. The molecule has 2 aromatic rings. The van der Waals surface area contributed by atoms with Gasteiger partial charge in [-0.3, -0.25) is 9.48 Å². The number of nitrogens with zero attached hydrogens (tertiary/aromatic N) is 3. The molecule has 0 aromatic carbocycles. The lowest BCUT2D eigenvalue weighted by atomic mass is 10.1. The minimum atomic E-state index is -0.0508. The topological polar surface area (TPSA) is 63.6 Å². The van der Waals surface area contributed by atoms with Crippen molar-refractivity contribution in [2.75, 3.05) is 0 Å². The van der Waals surface area contributed by atoms with Gasteiger partial charge in [0.15, 0.2) is 0 Å². The largest absolute Gasteiger partial charge is 0.313 e. The fourth-order valence-corrected chi connectivity index (χ4v) is 2.00. The third kappa shape index (κ3) is 2.50. The number of H-pyrrole nitrogens is 1. The molecule has 2 heterocycles. The average Bonchev–Trinajstić information content (AvgIpc) is 2.81. The Morgan fingerprint density at radius 1 is 1.33 bits per heavy atom. The van der Waals surface area contributed by atoms with Gasteiger partial charge in [0.1, 0.15) is 0 Å². The molecule has 5 heteroatoms. The summed E-state index contributed by atoms with van der Waals surface area (Å²) < 4.78 is 1.88. The monoisotopic (exact) mass is 246 g/mol. The fourth-order valence-electron chi connectivity index (χ4n) is 2.00. The van der Waals surface area contributed by atoms with E-state index in [1.165, 1.54) is 6.33 Å². The van der Waals surface area contributed by atoms with Gasteiger partial charge >= 0.3 is 0 Å². The number of aromatic amines is 1. The van der Waals surface area contributed by atoms with Gasteiger partial charge in [-0.25, -0.2) is 4.98 Å². The van der Waals surface area contributed by atoms with E-state index in [1.807, 2.05) is 10.9 Å². The van der Waals surface area contributed by atoms with Crippen LogP contribution in [0.25, 0.3) is 11.3 Å². The number of hydrogen-bond donors (Lipinski definition) is 1. The highest BCUT2D eigenvalue weighted by Gasteiger charge is 2.11.